The fraction of sp³-hybridized carbons (Fsp3) is 0.562. The highest BCUT2D eigenvalue weighted by Crippen LogP contribution is 2.34. The number of carbonyl (C=O) groups is 7. The van der Waals surface area contributed by atoms with Crippen LogP contribution in [0, 0.1) is 5.92 Å². The van der Waals surface area contributed by atoms with Crippen molar-refractivity contribution in [2.24, 2.45) is 11.0 Å². The zero-order chi connectivity index (χ0) is 63.1. The highest BCUT2D eigenvalue weighted by Gasteiger charge is 2.34. The minimum absolute atomic E-state index is 0.111. The van der Waals surface area contributed by atoms with Crippen LogP contribution in [0.25, 0.3) is 10.9 Å². The van der Waals surface area contributed by atoms with E-state index in [9.17, 15) is 33.6 Å². The van der Waals surface area contributed by atoms with Gasteiger partial charge in [-0.3, -0.25) is 38.7 Å². The molecular formula is C64H89N9O16. The van der Waals surface area contributed by atoms with Crippen LogP contribution in [-0.4, -0.2) is 204 Å². The number of anilines is 1. The average Bonchev–Trinajstić information content (AvgIpc) is 1.67. The van der Waals surface area contributed by atoms with Crippen LogP contribution in [0.1, 0.15) is 105 Å². The predicted octanol–water partition coefficient (Wildman–Crippen LogP) is 5.57. The number of methoxy groups -OCH3 is 1. The van der Waals surface area contributed by atoms with E-state index >= 15 is 0 Å². The van der Waals surface area contributed by atoms with Gasteiger partial charge in [-0.05, 0) is 78.3 Å². The molecule has 486 valence electrons. The van der Waals surface area contributed by atoms with Crippen molar-refractivity contribution in [1.29, 1.82) is 0 Å². The third kappa shape index (κ3) is 27.1. The smallest absolute Gasteiger partial charge is 0.322 e. The molecule has 0 saturated heterocycles. The standard InChI is InChI=1S/C64H89N9O16/c1-82-28-29-84-32-33-86-36-37-88-40-41-89-39-38-87-35-34-85-31-30-83-27-21-60(76)67-22-6-4-10-49(42-53(74)45-69-59(75)18-19-61(77)78)62(79)68-23-5-2-3-7-26-73-63(80)56(54-11-8-13-57-55(54)12-9-24-66-57)43-58(71-73)48-14-16-52(17-15-48)70-64(81)72-46-50-20-25-65-44-51(50)47-72/h8-9,11-17,20,24-25,44,49,56H,2-7,10,18-19,21-23,26-43,45-47H2,1H3,(H,67,76)(H,68,79)(H,69,75)(H,70,81)(H,77,78)/t49-,56?/m1/s1. The molecule has 6 rings (SSSR count). The van der Waals surface area contributed by atoms with E-state index in [0.29, 0.717) is 169 Å². The van der Waals surface area contributed by atoms with Crippen LogP contribution in [0.5, 0.6) is 0 Å². The number of Topliss-reactive ketones (excluding diaryl/α,β-unsaturated/α-hetero) is 1. The molecule has 0 spiro atoms. The van der Waals surface area contributed by atoms with E-state index in [2.05, 4.69) is 31.2 Å². The summed E-state index contributed by atoms with van der Waals surface area (Å²) in [5.74, 6) is -3.86. The number of fused-ring (bicyclic) bond motifs is 2. The second-order valence-corrected chi connectivity index (χ2v) is 21.4. The summed E-state index contributed by atoms with van der Waals surface area (Å²) in [6.07, 6.45) is 9.25. The number of hydrogen-bond donors (Lipinski definition) is 5. The first-order valence-corrected chi connectivity index (χ1v) is 30.9. The summed E-state index contributed by atoms with van der Waals surface area (Å²) < 4.78 is 43.2. The molecule has 2 aliphatic rings. The molecule has 6 amide bonds. The zero-order valence-corrected chi connectivity index (χ0v) is 51.3. The number of benzene rings is 2. The number of nitrogens with zero attached hydrogens (tertiary/aromatic N) is 5. The molecule has 1 unspecified atom stereocenters. The number of urea groups is 1. The zero-order valence-electron chi connectivity index (χ0n) is 51.3. The Morgan fingerprint density at radius 3 is 1.91 bits per heavy atom. The van der Waals surface area contributed by atoms with Crippen LogP contribution >= 0.6 is 0 Å². The van der Waals surface area contributed by atoms with Gasteiger partial charge in [0.25, 0.3) is 5.91 Å². The average molecular weight is 1240 g/mol. The van der Waals surface area contributed by atoms with Crippen molar-refractivity contribution in [2.75, 3.05) is 138 Å². The third-order valence-corrected chi connectivity index (χ3v) is 14.7. The minimum atomic E-state index is -1.13. The summed E-state index contributed by atoms with van der Waals surface area (Å²) in [4.78, 5) is 100. The van der Waals surface area contributed by atoms with Gasteiger partial charge in [0.05, 0.1) is 129 Å². The molecule has 0 radical (unpaired) electrons. The van der Waals surface area contributed by atoms with Gasteiger partial charge in [-0.15, -0.1) is 0 Å². The number of unbranched alkanes of at least 4 members (excludes halogenated alkanes) is 4. The maximum Gasteiger partial charge on any atom is 0.322 e. The molecule has 4 aromatic rings. The Morgan fingerprint density at radius 2 is 1.25 bits per heavy atom. The van der Waals surface area contributed by atoms with Crippen molar-refractivity contribution < 1.29 is 76.6 Å². The van der Waals surface area contributed by atoms with Crippen LogP contribution in [0.15, 0.2) is 84.4 Å². The van der Waals surface area contributed by atoms with Gasteiger partial charge in [0.15, 0.2) is 5.78 Å². The van der Waals surface area contributed by atoms with E-state index in [0.717, 1.165) is 51.7 Å². The number of nitrogens with one attached hydrogen (secondary N) is 4. The second-order valence-electron chi connectivity index (χ2n) is 21.4. The molecule has 0 fully saturated rings. The first-order valence-electron chi connectivity index (χ1n) is 30.9. The third-order valence-electron chi connectivity index (χ3n) is 14.7. The Hall–Kier alpha value is -7.36. The van der Waals surface area contributed by atoms with Gasteiger partial charge in [-0.1, -0.05) is 49.6 Å². The Balaban J connectivity index is 0.860. The minimum Gasteiger partial charge on any atom is -0.481 e. The number of aromatic nitrogens is 2. The van der Waals surface area contributed by atoms with Gasteiger partial charge in [-0.2, -0.15) is 5.10 Å². The van der Waals surface area contributed by atoms with Crippen LogP contribution in [0.3, 0.4) is 0 Å². The highest BCUT2D eigenvalue weighted by atomic mass is 16.6. The van der Waals surface area contributed by atoms with E-state index in [1.165, 1.54) is 0 Å². The number of ether oxygens (including phenoxy) is 8. The van der Waals surface area contributed by atoms with E-state index in [1.807, 2.05) is 60.7 Å². The van der Waals surface area contributed by atoms with Gasteiger partial charge < -0.3 is 69.2 Å². The molecule has 2 aromatic heterocycles. The summed E-state index contributed by atoms with van der Waals surface area (Å²) in [5, 5.41) is 27.6. The van der Waals surface area contributed by atoms with Crippen molar-refractivity contribution in [3.63, 3.8) is 0 Å². The summed E-state index contributed by atoms with van der Waals surface area (Å²) in [7, 11) is 1.63. The Morgan fingerprint density at radius 1 is 0.629 bits per heavy atom. The largest absolute Gasteiger partial charge is 0.481 e. The predicted molar refractivity (Wildman–Crippen MR) is 330 cm³/mol. The number of amides is 6. The number of carbonyl (C=O) groups excluding carboxylic acids is 6. The number of ketones is 1. The number of aliphatic carboxylic acids is 1. The number of rotatable bonds is 47. The molecule has 89 heavy (non-hydrogen) atoms. The summed E-state index contributed by atoms with van der Waals surface area (Å²) >= 11 is 0. The lowest BCUT2D eigenvalue weighted by molar-refractivity contribution is -0.139. The lowest BCUT2D eigenvalue weighted by Crippen LogP contribution is -2.38. The maximum absolute atomic E-state index is 14.3. The molecule has 4 heterocycles. The molecule has 25 nitrogen and oxygen atoms in total. The molecule has 2 aliphatic heterocycles. The molecule has 5 N–H and O–H groups in total. The van der Waals surface area contributed by atoms with Crippen molar-refractivity contribution >= 4 is 63.7 Å². The molecule has 2 aromatic carbocycles. The lowest BCUT2D eigenvalue weighted by Gasteiger charge is -2.30. The molecule has 0 aliphatic carbocycles. The number of hydrogen-bond acceptors (Lipinski definition) is 18. The van der Waals surface area contributed by atoms with Crippen LogP contribution in [-0.2, 0) is 79.8 Å². The van der Waals surface area contributed by atoms with Crippen molar-refractivity contribution in [1.82, 2.24) is 35.8 Å². The molecule has 0 bridgehead atoms. The monoisotopic (exact) mass is 1240 g/mol. The SMILES string of the molecule is COCCOCCOCCOCCOCCOCCOCCOCCC(=O)NCCCC[C@H](CC(=O)CNC(=O)CCC(=O)O)C(=O)NCCCCCCN1N=C(c2ccc(NC(=O)N3Cc4ccncc4C3)cc2)CC(c2cccc3ncccc23)C1=O. The first kappa shape index (κ1) is 70.7. The fourth-order valence-electron chi connectivity index (χ4n) is 9.85. The first-order chi connectivity index (χ1) is 43.5. The maximum atomic E-state index is 14.3. The lowest BCUT2D eigenvalue weighted by atomic mass is 9.86. The fourth-order valence-corrected chi connectivity index (χ4v) is 9.85. The second kappa shape index (κ2) is 41.8. The van der Waals surface area contributed by atoms with Gasteiger partial charge in [-0.25, -0.2) is 9.80 Å². The van der Waals surface area contributed by atoms with Crippen LogP contribution in [0.4, 0.5) is 10.5 Å². The van der Waals surface area contributed by atoms with Gasteiger partial charge in [0.1, 0.15) is 0 Å². The Bertz CT molecular complexity index is 2810. The van der Waals surface area contributed by atoms with Crippen LogP contribution in [0.2, 0.25) is 0 Å². The topological polar surface area (TPSA) is 306 Å². The number of carboxylic acid groups (broad SMARTS) is 1. The summed E-state index contributed by atoms with van der Waals surface area (Å²) in [5.41, 5.74) is 5.97. The van der Waals surface area contributed by atoms with E-state index in [-0.39, 0.29) is 68.4 Å². The van der Waals surface area contributed by atoms with Crippen molar-refractivity contribution in [2.45, 2.75) is 96.1 Å². The number of hydrazone groups is 1. The van der Waals surface area contributed by atoms with Gasteiger partial charge in [0, 0.05) is 101 Å². The van der Waals surface area contributed by atoms with Gasteiger partial charge >= 0.3 is 12.0 Å². The molecule has 0 saturated carbocycles. The quantitative estimate of drug-likeness (QED) is 0.0338. The van der Waals surface area contributed by atoms with E-state index in [1.54, 1.807) is 35.6 Å². The molecule has 2 atom stereocenters. The Labute approximate surface area is 520 Å². The molecular weight excluding hydrogens is 1150 g/mol. The van der Waals surface area contributed by atoms with E-state index < -0.39 is 23.7 Å². The summed E-state index contributed by atoms with van der Waals surface area (Å²) in [6.45, 7) is 8.33. The number of carboxylic acids is 1. The van der Waals surface area contributed by atoms with Crippen molar-refractivity contribution in [3.8, 4) is 0 Å². The van der Waals surface area contributed by atoms with Crippen molar-refractivity contribution in [3.05, 3.63) is 102 Å². The molecule has 25 heteroatoms. The highest BCUT2D eigenvalue weighted by molar-refractivity contribution is 6.07. The van der Waals surface area contributed by atoms with Gasteiger partial charge in [0.2, 0.25) is 17.7 Å². The number of pyridine rings is 2. The normalized spacial score (nSPS) is 14.1. The summed E-state index contributed by atoms with van der Waals surface area (Å²) in [6, 6.07) is 18.9. The van der Waals surface area contributed by atoms with E-state index in [4.69, 9.17) is 48.1 Å². The van der Waals surface area contributed by atoms with Crippen LogP contribution < -0.4 is 21.3 Å². The Kier molecular flexibility index (Phi) is 33.2.